The smallest absolute Gasteiger partial charge is 0.353 e. The second kappa shape index (κ2) is 6.38. The SMILES string of the molecule is Nc1nc(=O)n(/C=C2/C[C@]2(CO)COC2CCCCO2)cc1F. The van der Waals surface area contributed by atoms with Crippen molar-refractivity contribution in [3.05, 3.63) is 28.1 Å². The number of rotatable bonds is 5. The van der Waals surface area contributed by atoms with E-state index in [9.17, 15) is 14.3 Å². The summed E-state index contributed by atoms with van der Waals surface area (Å²) in [5.74, 6) is -1.18. The van der Waals surface area contributed by atoms with E-state index < -0.39 is 22.7 Å². The van der Waals surface area contributed by atoms with Gasteiger partial charge in [-0.2, -0.15) is 4.98 Å². The average molecular weight is 325 g/mol. The standard InChI is InChI=1S/C15H20FN3O4/c16-11-7-19(14(21)18-13(11)17)6-10-5-15(10,8-20)9-23-12-3-1-2-4-22-12/h6-7,12,20H,1-5,8-9H2,(H2,17,18,21)/b10-6-/t12?,15-/m0/s1. The number of aromatic nitrogens is 2. The molecule has 1 aliphatic carbocycles. The molecular formula is C15H20FN3O4. The lowest BCUT2D eigenvalue weighted by atomic mass is 10.1. The summed E-state index contributed by atoms with van der Waals surface area (Å²) in [4.78, 5) is 15.1. The van der Waals surface area contributed by atoms with Crippen LogP contribution in [0.2, 0.25) is 0 Å². The number of ether oxygens (including phenoxy) is 2. The van der Waals surface area contributed by atoms with Gasteiger partial charge in [0.05, 0.1) is 19.4 Å². The Kier molecular flexibility index (Phi) is 4.47. The normalized spacial score (nSPS) is 29.0. The summed E-state index contributed by atoms with van der Waals surface area (Å²) in [7, 11) is 0. The molecule has 126 valence electrons. The summed E-state index contributed by atoms with van der Waals surface area (Å²) < 4.78 is 25.7. The van der Waals surface area contributed by atoms with Gasteiger partial charge in [0, 0.05) is 18.2 Å². The number of aliphatic hydroxyl groups excluding tert-OH is 1. The minimum absolute atomic E-state index is 0.106. The molecule has 0 spiro atoms. The zero-order valence-electron chi connectivity index (χ0n) is 12.7. The van der Waals surface area contributed by atoms with Crippen molar-refractivity contribution in [2.45, 2.75) is 32.0 Å². The van der Waals surface area contributed by atoms with E-state index in [1.54, 1.807) is 0 Å². The van der Waals surface area contributed by atoms with Gasteiger partial charge in [-0.05, 0) is 31.3 Å². The molecule has 0 radical (unpaired) electrons. The highest BCUT2D eigenvalue weighted by Gasteiger charge is 2.49. The largest absolute Gasteiger partial charge is 0.395 e. The van der Waals surface area contributed by atoms with Gasteiger partial charge in [-0.25, -0.2) is 9.18 Å². The minimum Gasteiger partial charge on any atom is -0.395 e. The molecule has 2 fully saturated rings. The lowest BCUT2D eigenvalue weighted by molar-refractivity contribution is -0.172. The first-order valence-corrected chi connectivity index (χ1v) is 7.63. The Morgan fingerprint density at radius 1 is 1.61 bits per heavy atom. The lowest BCUT2D eigenvalue weighted by Crippen LogP contribution is -2.27. The molecule has 1 saturated heterocycles. The summed E-state index contributed by atoms with van der Waals surface area (Å²) in [6.45, 7) is 0.885. The van der Waals surface area contributed by atoms with E-state index in [4.69, 9.17) is 15.2 Å². The highest BCUT2D eigenvalue weighted by Crippen LogP contribution is 2.52. The number of hydrogen-bond acceptors (Lipinski definition) is 6. The van der Waals surface area contributed by atoms with E-state index >= 15 is 0 Å². The lowest BCUT2D eigenvalue weighted by Gasteiger charge is -2.24. The van der Waals surface area contributed by atoms with Gasteiger partial charge in [0.25, 0.3) is 0 Å². The maximum atomic E-state index is 13.4. The fourth-order valence-corrected chi connectivity index (χ4v) is 2.66. The van der Waals surface area contributed by atoms with Gasteiger partial charge >= 0.3 is 5.69 Å². The van der Waals surface area contributed by atoms with Gasteiger partial charge in [-0.3, -0.25) is 4.57 Å². The molecule has 1 aliphatic heterocycles. The second-order valence-corrected chi connectivity index (χ2v) is 6.04. The van der Waals surface area contributed by atoms with Gasteiger partial charge < -0.3 is 20.3 Å². The third-order valence-corrected chi connectivity index (χ3v) is 4.30. The monoisotopic (exact) mass is 325 g/mol. The van der Waals surface area contributed by atoms with Crippen molar-refractivity contribution in [2.75, 3.05) is 25.6 Å². The van der Waals surface area contributed by atoms with E-state index in [0.29, 0.717) is 19.6 Å². The topological polar surface area (TPSA) is 99.6 Å². The first-order valence-electron chi connectivity index (χ1n) is 7.63. The predicted molar refractivity (Wildman–Crippen MR) is 80.8 cm³/mol. The van der Waals surface area contributed by atoms with E-state index in [-0.39, 0.29) is 12.9 Å². The van der Waals surface area contributed by atoms with Gasteiger partial charge in [0.1, 0.15) is 0 Å². The molecule has 7 nitrogen and oxygen atoms in total. The van der Waals surface area contributed by atoms with Crippen molar-refractivity contribution in [2.24, 2.45) is 5.41 Å². The van der Waals surface area contributed by atoms with Crippen LogP contribution in [0.4, 0.5) is 10.2 Å². The Balaban J connectivity index is 1.69. The third kappa shape index (κ3) is 3.44. The molecule has 2 heterocycles. The molecule has 3 N–H and O–H groups in total. The Labute approximate surface area is 132 Å². The first-order chi connectivity index (χ1) is 11.0. The average Bonchev–Trinajstić information content (AvgIpc) is 3.25. The third-order valence-electron chi connectivity index (χ3n) is 4.30. The van der Waals surface area contributed by atoms with E-state index in [2.05, 4.69) is 4.98 Å². The van der Waals surface area contributed by atoms with Crippen molar-refractivity contribution in [3.63, 3.8) is 0 Å². The zero-order valence-corrected chi connectivity index (χ0v) is 12.7. The van der Waals surface area contributed by atoms with Gasteiger partial charge in [0.2, 0.25) is 0 Å². The van der Waals surface area contributed by atoms with Crippen LogP contribution >= 0.6 is 0 Å². The molecule has 0 bridgehead atoms. The van der Waals surface area contributed by atoms with E-state index in [1.165, 1.54) is 6.20 Å². The van der Waals surface area contributed by atoms with Crippen LogP contribution in [-0.2, 0) is 9.47 Å². The molecule has 0 amide bonds. The van der Waals surface area contributed by atoms with Crippen LogP contribution in [0.25, 0.3) is 6.20 Å². The maximum Gasteiger partial charge on any atom is 0.353 e. The Morgan fingerprint density at radius 3 is 3.13 bits per heavy atom. The van der Waals surface area contributed by atoms with Crippen LogP contribution in [0.5, 0.6) is 0 Å². The molecule has 1 aromatic rings. The summed E-state index contributed by atoms with van der Waals surface area (Å²) >= 11 is 0. The Hall–Kier alpha value is -1.77. The number of nitrogens with two attached hydrogens (primary N) is 1. The Morgan fingerprint density at radius 2 is 2.43 bits per heavy atom. The van der Waals surface area contributed by atoms with E-state index in [0.717, 1.165) is 35.6 Å². The molecule has 2 aliphatic rings. The fourth-order valence-electron chi connectivity index (χ4n) is 2.66. The number of anilines is 1. The molecular weight excluding hydrogens is 305 g/mol. The fraction of sp³-hybridized carbons (Fsp3) is 0.600. The number of nitrogens with zero attached hydrogens (tertiary/aromatic N) is 2. The van der Waals surface area contributed by atoms with Crippen LogP contribution in [0.15, 0.2) is 16.6 Å². The molecule has 1 aromatic heterocycles. The summed E-state index contributed by atoms with van der Waals surface area (Å²) in [6, 6.07) is 0. The number of hydrogen-bond donors (Lipinski definition) is 2. The van der Waals surface area contributed by atoms with Crippen molar-refractivity contribution in [1.29, 1.82) is 0 Å². The highest BCUT2D eigenvalue weighted by molar-refractivity contribution is 5.47. The van der Waals surface area contributed by atoms with E-state index in [1.807, 2.05) is 0 Å². The molecule has 2 atom stereocenters. The minimum atomic E-state index is -0.761. The summed E-state index contributed by atoms with van der Waals surface area (Å²) in [5.41, 5.74) is 4.87. The summed E-state index contributed by atoms with van der Waals surface area (Å²) in [6.07, 6.45) is 5.75. The Bertz CT molecular complexity index is 669. The van der Waals surface area contributed by atoms with Crippen molar-refractivity contribution in [1.82, 2.24) is 9.55 Å². The molecule has 8 heteroatoms. The second-order valence-electron chi connectivity index (χ2n) is 6.04. The predicted octanol–water partition coefficient (Wildman–Crippen LogP) is 0.731. The van der Waals surface area contributed by atoms with Gasteiger partial charge in [0.15, 0.2) is 17.9 Å². The molecule has 3 rings (SSSR count). The molecule has 0 aromatic carbocycles. The molecule has 1 saturated carbocycles. The molecule has 23 heavy (non-hydrogen) atoms. The van der Waals surface area contributed by atoms with Crippen LogP contribution in [0, 0.1) is 11.2 Å². The van der Waals surface area contributed by atoms with Crippen LogP contribution in [0.1, 0.15) is 25.7 Å². The van der Waals surface area contributed by atoms with Crippen LogP contribution in [-0.4, -0.2) is 40.8 Å². The summed E-state index contributed by atoms with van der Waals surface area (Å²) in [5, 5.41) is 9.64. The number of halogens is 1. The first kappa shape index (κ1) is 16.1. The highest BCUT2D eigenvalue weighted by atomic mass is 19.1. The van der Waals surface area contributed by atoms with Crippen molar-refractivity contribution in [3.8, 4) is 0 Å². The van der Waals surface area contributed by atoms with Crippen LogP contribution in [0.3, 0.4) is 0 Å². The van der Waals surface area contributed by atoms with Crippen molar-refractivity contribution >= 4 is 12.0 Å². The number of nitrogen functional groups attached to an aromatic ring is 1. The van der Waals surface area contributed by atoms with Gasteiger partial charge in [-0.1, -0.05) is 0 Å². The maximum absolute atomic E-state index is 13.4. The number of aliphatic hydroxyl groups is 1. The quantitative estimate of drug-likeness (QED) is 0.828. The van der Waals surface area contributed by atoms with Crippen LogP contribution < -0.4 is 11.4 Å². The van der Waals surface area contributed by atoms with Crippen molar-refractivity contribution < 1.29 is 19.0 Å². The molecule has 1 unspecified atom stereocenters. The van der Waals surface area contributed by atoms with Gasteiger partial charge in [-0.15, -0.1) is 0 Å². The zero-order chi connectivity index (χ0) is 16.4.